The first-order valence-corrected chi connectivity index (χ1v) is 7.29. The van der Waals surface area contributed by atoms with Crippen molar-refractivity contribution in [3.63, 3.8) is 0 Å². The zero-order chi connectivity index (χ0) is 13.3. The fourth-order valence-electron chi connectivity index (χ4n) is 2.90. The second kappa shape index (κ2) is 5.32. The number of nitrogens with zero attached hydrogens (tertiary/aromatic N) is 2. The number of piperidine rings is 1. The SMILES string of the molecule is CC1CC(C)C(C)N(c2cccc(Br)c2C#N)C1. The van der Waals surface area contributed by atoms with Crippen molar-refractivity contribution in [2.75, 3.05) is 11.4 Å². The fourth-order valence-corrected chi connectivity index (χ4v) is 3.34. The average molecular weight is 307 g/mol. The Morgan fingerprint density at radius 2 is 2.06 bits per heavy atom. The van der Waals surface area contributed by atoms with E-state index in [0.717, 1.165) is 22.3 Å². The molecule has 96 valence electrons. The van der Waals surface area contributed by atoms with E-state index in [4.69, 9.17) is 0 Å². The summed E-state index contributed by atoms with van der Waals surface area (Å²) < 4.78 is 0.889. The van der Waals surface area contributed by atoms with Gasteiger partial charge in [-0.15, -0.1) is 0 Å². The van der Waals surface area contributed by atoms with Crippen molar-refractivity contribution in [3.05, 3.63) is 28.2 Å². The molecule has 18 heavy (non-hydrogen) atoms. The van der Waals surface area contributed by atoms with E-state index in [1.165, 1.54) is 6.42 Å². The van der Waals surface area contributed by atoms with Crippen LogP contribution in [0.4, 0.5) is 5.69 Å². The Morgan fingerprint density at radius 3 is 2.72 bits per heavy atom. The van der Waals surface area contributed by atoms with Crippen LogP contribution >= 0.6 is 15.9 Å². The second-order valence-electron chi connectivity index (χ2n) is 5.46. The van der Waals surface area contributed by atoms with Gasteiger partial charge in [0, 0.05) is 17.1 Å². The van der Waals surface area contributed by atoms with Crippen LogP contribution in [0.3, 0.4) is 0 Å². The molecule has 1 fully saturated rings. The zero-order valence-corrected chi connectivity index (χ0v) is 12.7. The fraction of sp³-hybridized carbons (Fsp3) is 0.533. The van der Waals surface area contributed by atoms with Gasteiger partial charge in [-0.25, -0.2) is 0 Å². The first-order chi connectivity index (χ1) is 8.54. The largest absolute Gasteiger partial charge is 0.367 e. The molecule has 0 radical (unpaired) electrons. The molecule has 0 aliphatic carbocycles. The molecule has 3 heteroatoms. The molecule has 0 N–H and O–H groups in total. The van der Waals surface area contributed by atoms with Crippen molar-refractivity contribution in [1.82, 2.24) is 0 Å². The maximum Gasteiger partial charge on any atom is 0.103 e. The van der Waals surface area contributed by atoms with Crippen LogP contribution in [-0.4, -0.2) is 12.6 Å². The topological polar surface area (TPSA) is 27.0 Å². The van der Waals surface area contributed by atoms with Crippen LogP contribution in [0.5, 0.6) is 0 Å². The highest BCUT2D eigenvalue weighted by Gasteiger charge is 2.30. The predicted molar refractivity (Wildman–Crippen MR) is 78.6 cm³/mol. The molecule has 2 rings (SSSR count). The number of benzene rings is 1. The molecule has 1 heterocycles. The third-order valence-corrected chi connectivity index (χ3v) is 4.67. The van der Waals surface area contributed by atoms with Crippen LogP contribution < -0.4 is 4.90 Å². The molecule has 1 aliphatic rings. The highest BCUT2D eigenvalue weighted by atomic mass is 79.9. The summed E-state index contributed by atoms with van der Waals surface area (Å²) in [6.07, 6.45) is 1.27. The summed E-state index contributed by atoms with van der Waals surface area (Å²) in [4.78, 5) is 2.39. The normalized spacial score (nSPS) is 27.9. The summed E-state index contributed by atoms with van der Waals surface area (Å²) in [7, 11) is 0. The smallest absolute Gasteiger partial charge is 0.103 e. The number of halogens is 1. The molecule has 1 aliphatic heterocycles. The third kappa shape index (κ3) is 2.40. The number of nitriles is 1. The molecule has 0 spiro atoms. The highest BCUT2D eigenvalue weighted by molar-refractivity contribution is 9.10. The summed E-state index contributed by atoms with van der Waals surface area (Å²) in [5.41, 5.74) is 1.82. The Labute approximate surface area is 118 Å². The number of hydrogen-bond donors (Lipinski definition) is 0. The summed E-state index contributed by atoms with van der Waals surface area (Å²) in [6.45, 7) is 7.89. The molecule has 2 nitrogen and oxygen atoms in total. The average Bonchev–Trinajstić information content (AvgIpc) is 2.33. The van der Waals surface area contributed by atoms with Crippen LogP contribution in [0.2, 0.25) is 0 Å². The molecule has 1 aromatic carbocycles. The van der Waals surface area contributed by atoms with E-state index >= 15 is 0 Å². The van der Waals surface area contributed by atoms with E-state index in [2.05, 4.69) is 53.7 Å². The number of rotatable bonds is 1. The lowest BCUT2D eigenvalue weighted by Crippen LogP contribution is -2.46. The minimum Gasteiger partial charge on any atom is -0.367 e. The first kappa shape index (κ1) is 13.4. The summed E-state index contributed by atoms with van der Waals surface area (Å²) in [5.74, 6) is 1.35. The Bertz CT molecular complexity index is 478. The summed E-state index contributed by atoms with van der Waals surface area (Å²) >= 11 is 3.47. The molecule has 1 aromatic rings. The van der Waals surface area contributed by atoms with Crippen molar-refractivity contribution in [3.8, 4) is 6.07 Å². The Balaban J connectivity index is 2.42. The minimum absolute atomic E-state index is 0.489. The van der Waals surface area contributed by atoms with Gasteiger partial charge in [0.05, 0.1) is 11.3 Å². The zero-order valence-electron chi connectivity index (χ0n) is 11.2. The van der Waals surface area contributed by atoms with Crippen LogP contribution in [0.15, 0.2) is 22.7 Å². The van der Waals surface area contributed by atoms with Gasteiger partial charge >= 0.3 is 0 Å². The molecular formula is C15H19BrN2. The number of anilines is 1. The van der Waals surface area contributed by atoms with E-state index in [9.17, 15) is 5.26 Å². The summed E-state index contributed by atoms with van der Waals surface area (Å²) in [6, 6.07) is 8.82. The van der Waals surface area contributed by atoms with Gasteiger partial charge in [-0.05, 0) is 53.2 Å². The van der Waals surface area contributed by atoms with E-state index in [1.807, 2.05) is 12.1 Å². The Kier molecular flexibility index (Phi) is 3.97. The van der Waals surface area contributed by atoms with E-state index in [-0.39, 0.29) is 0 Å². The van der Waals surface area contributed by atoms with Gasteiger partial charge in [0.1, 0.15) is 6.07 Å². The van der Waals surface area contributed by atoms with Crippen molar-refractivity contribution in [2.45, 2.75) is 33.2 Å². The minimum atomic E-state index is 0.489. The van der Waals surface area contributed by atoms with Crippen molar-refractivity contribution >= 4 is 21.6 Å². The van der Waals surface area contributed by atoms with Crippen molar-refractivity contribution < 1.29 is 0 Å². The Hall–Kier alpha value is -1.01. The summed E-state index contributed by atoms with van der Waals surface area (Å²) in [5, 5.41) is 9.34. The van der Waals surface area contributed by atoms with Gasteiger partial charge in [-0.3, -0.25) is 0 Å². The van der Waals surface area contributed by atoms with Crippen molar-refractivity contribution in [2.24, 2.45) is 11.8 Å². The van der Waals surface area contributed by atoms with Crippen LogP contribution in [-0.2, 0) is 0 Å². The van der Waals surface area contributed by atoms with Gasteiger partial charge in [0.15, 0.2) is 0 Å². The Morgan fingerprint density at radius 1 is 1.33 bits per heavy atom. The van der Waals surface area contributed by atoms with E-state index in [0.29, 0.717) is 17.9 Å². The molecule has 0 bridgehead atoms. The molecule has 3 unspecified atom stereocenters. The lowest BCUT2D eigenvalue weighted by Gasteiger charge is -2.43. The van der Waals surface area contributed by atoms with Crippen LogP contribution in [0.25, 0.3) is 0 Å². The van der Waals surface area contributed by atoms with E-state index < -0.39 is 0 Å². The monoisotopic (exact) mass is 306 g/mol. The van der Waals surface area contributed by atoms with E-state index in [1.54, 1.807) is 0 Å². The maximum absolute atomic E-state index is 9.34. The molecule has 0 saturated carbocycles. The van der Waals surface area contributed by atoms with Gasteiger partial charge < -0.3 is 4.90 Å². The van der Waals surface area contributed by atoms with Crippen molar-refractivity contribution in [1.29, 1.82) is 5.26 Å². The van der Waals surface area contributed by atoms with Gasteiger partial charge in [-0.1, -0.05) is 19.9 Å². The molecule has 1 saturated heterocycles. The van der Waals surface area contributed by atoms with Gasteiger partial charge in [-0.2, -0.15) is 5.26 Å². The quantitative estimate of drug-likeness (QED) is 0.778. The lowest BCUT2D eigenvalue weighted by atomic mass is 9.85. The number of hydrogen-bond acceptors (Lipinski definition) is 2. The molecule has 0 amide bonds. The van der Waals surface area contributed by atoms with Gasteiger partial charge in [0.25, 0.3) is 0 Å². The van der Waals surface area contributed by atoms with Crippen LogP contribution in [0, 0.1) is 23.2 Å². The lowest BCUT2D eigenvalue weighted by molar-refractivity contribution is 0.297. The molecule has 0 aromatic heterocycles. The maximum atomic E-state index is 9.34. The molecular weight excluding hydrogens is 288 g/mol. The predicted octanol–water partition coefficient (Wildman–Crippen LogP) is 4.19. The highest BCUT2D eigenvalue weighted by Crippen LogP contribution is 2.35. The molecule has 3 atom stereocenters. The van der Waals surface area contributed by atoms with Gasteiger partial charge in [0.2, 0.25) is 0 Å². The third-order valence-electron chi connectivity index (χ3n) is 4.01. The van der Waals surface area contributed by atoms with Crippen LogP contribution in [0.1, 0.15) is 32.8 Å². The standard InChI is InChI=1S/C15H19BrN2/c1-10-7-11(2)12(3)18(9-10)15-6-4-5-14(16)13(15)8-17/h4-6,10-12H,7,9H2,1-3H3. The second-order valence-corrected chi connectivity index (χ2v) is 6.31. The first-order valence-electron chi connectivity index (χ1n) is 6.49.